The first-order valence-electron chi connectivity index (χ1n) is 24.1. The van der Waals surface area contributed by atoms with E-state index in [1.165, 1.54) is 231 Å². The molecular formula is C48H100P+. The minimum Gasteiger partial charge on any atom is -0.0654 e. The first-order chi connectivity index (χ1) is 24.2. The van der Waals surface area contributed by atoms with Crippen molar-refractivity contribution in [1.29, 1.82) is 0 Å². The fourth-order valence-electron chi connectivity index (χ4n) is 8.41. The Morgan fingerprint density at radius 3 is 0.429 bits per heavy atom. The maximum Gasteiger partial charge on any atom is 0.0594 e. The third-order valence-electron chi connectivity index (χ3n) is 11.9. The Kier molecular flexibility index (Phi) is 43.2. The average Bonchev–Trinajstić information content (AvgIpc) is 3.11. The van der Waals surface area contributed by atoms with Gasteiger partial charge in [-0.1, -0.05) is 233 Å². The molecule has 0 saturated heterocycles. The fraction of sp³-hybridized carbons (Fsp3) is 1.00. The molecule has 296 valence electrons. The summed E-state index contributed by atoms with van der Waals surface area (Å²) in [5.41, 5.74) is 0. The molecule has 0 aromatic heterocycles. The first-order valence-corrected chi connectivity index (χ1v) is 26.6. The lowest BCUT2D eigenvalue weighted by Gasteiger charge is -2.28. The van der Waals surface area contributed by atoms with Crippen LogP contribution in [-0.4, -0.2) is 24.6 Å². The molecule has 0 unspecified atom stereocenters. The van der Waals surface area contributed by atoms with Crippen LogP contribution in [0.5, 0.6) is 0 Å². The Labute approximate surface area is 315 Å². The highest BCUT2D eigenvalue weighted by atomic mass is 31.2. The van der Waals surface area contributed by atoms with Crippen molar-refractivity contribution in [2.75, 3.05) is 24.6 Å². The van der Waals surface area contributed by atoms with E-state index in [0.29, 0.717) is 0 Å². The molecule has 0 heterocycles. The van der Waals surface area contributed by atoms with E-state index in [2.05, 4.69) is 27.7 Å². The van der Waals surface area contributed by atoms with Gasteiger partial charge in [-0.25, -0.2) is 0 Å². The highest BCUT2D eigenvalue weighted by Gasteiger charge is 2.35. The Morgan fingerprint density at radius 1 is 0.163 bits per heavy atom. The Balaban J connectivity index is 4.81. The lowest BCUT2D eigenvalue weighted by molar-refractivity contribution is 0.551. The zero-order chi connectivity index (χ0) is 35.6. The zero-order valence-corrected chi connectivity index (χ0v) is 36.5. The second kappa shape index (κ2) is 42.8. The van der Waals surface area contributed by atoms with E-state index >= 15 is 0 Å². The number of rotatable bonds is 44. The van der Waals surface area contributed by atoms with Gasteiger partial charge >= 0.3 is 0 Å². The van der Waals surface area contributed by atoms with Gasteiger partial charge in [-0.2, -0.15) is 0 Å². The van der Waals surface area contributed by atoms with Gasteiger partial charge in [0.25, 0.3) is 0 Å². The summed E-state index contributed by atoms with van der Waals surface area (Å²) in [6, 6.07) is 0. The smallest absolute Gasteiger partial charge is 0.0594 e. The summed E-state index contributed by atoms with van der Waals surface area (Å²) in [6.45, 7) is 9.36. The van der Waals surface area contributed by atoms with Gasteiger partial charge in [-0.15, -0.1) is 0 Å². The van der Waals surface area contributed by atoms with Gasteiger partial charge in [-0.05, 0) is 51.4 Å². The van der Waals surface area contributed by atoms with E-state index in [9.17, 15) is 0 Å². The van der Waals surface area contributed by atoms with Gasteiger partial charge in [0.1, 0.15) is 0 Å². The maximum atomic E-state index is 2.36. The molecule has 0 aliphatic rings. The van der Waals surface area contributed by atoms with E-state index in [-0.39, 0.29) is 0 Å². The van der Waals surface area contributed by atoms with Crippen molar-refractivity contribution in [3.05, 3.63) is 0 Å². The van der Waals surface area contributed by atoms with Crippen molar-refractivity contribution in [2.45, 2.75) is 285 Å². The molecule has 0 amide bonds. The van der Waals surface area contributed by atoms with Crippen LogP contribution in [0, 0.1) is 0 Å². The van der Waals surface area contributed by atoms with Crippen molar-refractivity contribution in [1.82, 2.24) is 0 Å². The van der Waals surface area contributed by atoms with Crippen LogP contribution in [0.1, 0.15) is 285 Å². The molecule has 0 nitrogen and oxygen atoms in total. The van der Waals surface area contributed by atoms with Gasteiger partial charge < -0.3 is 0 Å². The van der Waals surface area contributed by atoms with Crippen LogP contribution in [-0.2, 0) is 0 Å². The molecule has 0 N–H and O–H groups in total. The maximum absolute atomic E-state index is 2.36. The summed E-state index contributed by atoms with van der Waals surface area (Å²) in [6.07, 6.45) is 66.2. The number of hydrogen-bond acceptors (Lipinski definition) is 0. The lowest BCUT2D eigenvalue weighted by Crippen LogP contribution is -2.13. The van der Waals surface area contributed by atoms with Crippen LogP contribution in [0.2, 0.25) is 0 Å². The van der Waals surface area contributed by atoms with E-state index in [1.807, 2.05) is 0 Å². The SMILES string of the molecule is CCCCCCCCCCCCC[P+](CCCCCCCCC)(CCCCCCCCCCCCC)CCCCCCCCCCCCC. The summed E-state index contributed by atoms with van der Waals surface area (Å²) in [5.74, 6) is 0. The van der Waals surface area contributed by atoms with Crippen LogP contribution in [0.15, 0.2) is 0 Å². The van der Waals surface area contributed by atoms with E-state index in [1.54, 1.807) is 50.3 Å². The molecule has 0 rings (SSSR count). The summed E-state index contributed by atoms with van der Waals surface area (Å²) in [7, 11) is -0.789. The highest BCUT2D eigenvalue weighted by Crippen LogP contribution is 2.61. The number of hydrogen-bond donors (Lipinski definition) is 0. The van der Waals surface area contributed by atoms with Crippen LogP contribution in [0.4, 0.5) is 0 Å². The standard InChI is InChI=1S/C48H100P/c1-5-9-13-17-21-24-27-30-34-38-42-46-49(45-41-37-33-20-16-12-8-4,47-43-39-35-31-28-25-22-18-14-10-6-2)48-44-40-36-32-29-26-23-19-15-11-7-3/h5-48H2,1-4H3/q+1. The van der Waals surface area contributed by atoms with Gasteiger partial charge in [0.2, 0.25) is 0 Å². The van der Waals surface area contributed by atoms with Crippen molar-refractivity contribution in [3.63, 3.8) is 0 Å². The molecular weight excluding hydrogens is 608 g/mol. The minimum absolute atomic E-state index is 0.789. The van der Waals surface area contributed by atoms with Gasteiger partial charge in [-0.3, -0.25) is 0 Å². The van der Waals surface area contributed by atoms with Crippen LogP contribution < -0.4 is 0 Å². The highest BCUT2D eigenvalue weighted by molar-refractivity contribution is 7.75. The fourth-order valence-corrected chi connectivity index (χ4v) is 13.3. The monoisotopic (exact) mass is 708 g/mol. The molecule has 0 atom stereocenters. The summed E-state index contributed by atoms with van der Waals surface area (Å²) in [5, 5.41) is 0. The molecule has 0 aromatic carbocycles. The quantitative estimate of drug-likeness (QED) is 0.0437. The first kappa shape index (κ1) is 49.4. The van der Waals surface area contributed by atoms with Crippen LogP contribution >= 0.6 is 7.26 Å². The Bertz CT molecular complexity index is 505. The Morgan fingerprint density at radius 2 is 0.286 bits per heavy atom. The molecule has 1 heteroatoms. The van der Waals surface area contributed by atoms with E-state index < -0.39 is 7.26 Å². The Hall–Kier alpha value is 0.430. The molecule has 0 radical (unpaired) electrons. The molecule has 0 aliphatic carbocycles. The largest absolute Gasteiger partial charge is 0.0654 e. The zero-order valence-electron chi connectivity index (χ0n) is 35.6. The third-order valence-corrected chi connectivity index (χ3v) is 17.0. The van der Waals surface area contributed by atoms with E-state index in [0.717, 1.165) is 0 Å². The summed E-state index contributed by atoms with van der Waals surface area (Å²) < 4.78 is 0. The molecule has 0 saturated carbocycles. The van der Waals surface area contributed by atoms with Crippen molar-refractivity contribution < 1.29 is 0 Å². The van der Waals surface area contributed by atoms with Gasteiger partial charge in [0.15, 0.2) is 0 Å². The predicted octanol–water partition coefficient (Wildman–Crippen LogP) is 18.7. The minimum atomic E-state index is -0.789. The lowest BCUT2D eigenvalue weighted by atomic mass is 10.1. The molecule has 0 fully saturated rings. The predicted molar refractivity (Wildman–Crippen MR) is 234 cm³/mol. The summed E-state index contributed by atoms with van der Waals surface area (Å²) in [4.78, 5) is 0. The molecule has 0 spiro atoms. The molecule has 0 bridgehead atoms. The van der Waals surface area contributed by atoms with Crippen molar-refractivity contribution in [2.24, 2.45) is 0 Å². The van der Waals surface area contributed by atoms with Crippen LogP contribution in [0.25, 0.3) is 0 Å². The molecule has 49 heavy (non-hydrogen) atoms. The normalized spacial score (nSPS) is 12.0. The van der Waals surface area contributed by atoms with Crippen molar-refractivity contribution in [3.8, 4) is 0 Å². The second-order valence-electron chi connectivity index (χ2n) is 17.0. The van der Waals surface area contributed by atoms with E-state index in [4.69, 9.17) is 0 Å². The van der Waals surface area contributed by atoms with Gasteiger partial charge in [0, 0.05) is 7.26 Å². The number of unbranched alkanes of at least 4 members (excludes halogenated alkanes) is 36. The second-order valence-corrected chi connectivity index (χ2v) is 21.4. The topological polar surface area (TPSA) is 0 Å². The van der Waals surface area contributed by atoms with Crippen LogP contribution in [0.3, 0.4) is 0 Å². The molecule has 0 aliphatic heterocycles. The molecule has 0 aromatic rings. The summed E-state index contributed by atoms with van der Waals surface area (Å²) >= 11 is 0. The third kappa shape index (κ3) is 38.0. The van der Waals surface area contributed by atoms with Gasteiger partial charge in [0.05, 0.1) is 24.6 Å². The average molecular weight is 708 g/mol. The van der Waals surface area contributed by atoms with Crippen molar-refractivity contribution >= 4 is 7.26 Å².